The summed E-state index contributed by atoms with van der Waals surface area (Å²) in [5.41, 5.74) is 0.286. The second kappa shape index (κ2) is 6.18. The number of rotatable bonds is 6. The van der Waals surface area contributed by atoms with E-state index in [-0.39, 0.29) is 0 Å². The van der Waals surface area contributed by atoms with Gasteiger partial charge in [0.25, 0.3) is 0 Å². The van der Waals surface area contributed by atoms with Gasteiger partial charge in [-0.25, -0.2) is 9.97 Å². The zero-order chi connectivity index (χ0) is 12.0. The predicted molar refractivity (Wildman–Crippen MR) is 67.5 cm³/mol. The number of hydrogen-bond donors (Lipinski definition) is 2. The summed E-state index contributed by atoms with van der Waals surface area (Å²) in [7, 11) is 0. The Kier molecular flexibility index (Phi) is 5.18. The topological polar surface area (TPSA) is 58.0 Å². The molecule has 4 nitrogen and oxygen atoms in total. The molecule has 0 radical (unpaired) electrons. The van der Waals surface area contributed by atoms with Gasteiger partial charge >= 0.3 is 0 Å². The average molecular weight is 241 g/mol. The SMILES string of the molecule is CSCC(C)(O)CNCc1ccnc(C)n1. The van der Waals surface area contributed by atoms with Gasteiger partial charge in [-0.15, -0.1) is 0 Å². The fourth-order valence-corrected chi connectivity index (χ4v) is 2.15. The minimum absolute atomic E-state index is 0.566. The van der Waals surface area contributed by atoms with Crippen LogP contribution in [0.15, 0.2) is 12.3 Å². The highest BCUT2D eigenvalue weighted by molar-refractivity contribution is 7.98. The molecule has 16 heavy (non-hydrogen) atoms. The van der Waals surface area contributed by atoms with Crippen LogP contribution >= 0.6 is 11.8 Å². The molecule has 0 aliphatic heterocycles. The van der Waals surface area contributed by atoms with Crippen molar-refractivity contribution in [1.82, 2.24) is 15.3 Å². The quantitative estimate of drug-likeness (QED) is 0.778. The van der Waals surface area contributed by atoms with Crippen molar-refractivity contribution in [2.45, 2.75) is 26.0 Å². The highest BCUT2D eigenvalue weighted by Crippen LogP contribution is 2.09. The Morgan fingerprint density at radius 1 is 1.56 bits per heavy atom. The van der Waals surface area contributed by atoms with E-state index in [4.69, 9.17) is 0 Å². The number of aliphatic hydroxyl groups is 1. The van der Waals surface area contributed by atoms with Gasteiger partial charge in [0.2, 0.25) is 0 Å². The molecule has 0 amide bonds. The molecule has 0 bridgehead atoms. The molecule has 0 saturated heterocycles. The lowest BCUT2D eigenvalue weighted by Crippen LogP contribution is -2.39. The molecule has 1 unspecified atom stereocenters. The van der Waals surface area contributed by atoms with E-state index in [1.165, 1.54) is 0 Å². The van der Waals surface area contributed by atoms with Crippen molar-refractivity contribution < 1.29 is 5.11 Å². The molecule has 0 aliphatic carbocycles. The molecular formula is C11H19N3OS. The smallest absolute Gasteiger partial charge is 0.125 e. The zero-order valence-electron chi connectivity index (χ0n) is 10.0. The summed E-state index contributed by atoms with van der Waals surface area (Å²) in [6.07, 6.45) is 3.74. The van der Waals surface area contributed by atoms with Crippen molar-refractivity contribution in [3.8, 4) is 0 Å². The molecule has 1 aromatic heterocycles. The number of nitrogens with one attached hydrogen (secondary N) is 1. The normalized spacial score (nSPS) is 14.8. The van der Waals surface area contributed by atoms with E-state index in [1.807, 2.05) is 26.2 Å². The molecule has 90 valence electrons. The lowest BCUT2D eigenvalue weighted by atomic mass is 10.1. The third-order valence-electron chi connectivity index (χ3n) is 2.10. The molecular weight excluding hydrogens is 222 g/mol. The van der Waals surface area contributed by atoms with E-state index in [0.717, 1.165) is 17.3 Å². The van der Waals surface area contributed by atoms with E-state index >= 15 is 0 Å². The Labute approximate surface area is 101 Å². The molecule has 0 aromatic carbocycles. The second-order valence-corrected chi connectivity index (χ2v) is 4.99. The second-order valence-electron chi connectivity index (χ2n) is 4.13. The minimum Gasteiger partial charge on any atom is -0.388 e. The Morgan fingerprint density at radius 3 is 2.94 bits per heavy atom. The van der Waals surface area contributed by atoms with E-state index in [9.17, 15) is 5.11 Å². The van der Waals surface area contributed by atoms with Crippen LogP contribution in [0.25, 0.3) is 0 Å². The summed E-state index contributed by atoms with van der Waals surface area (Å²) in [5.74, 6) is 1.50. The third kappa shape index (κ3) is 4.92. The molecule has 1 heterocycles. The molecule has 5 heteroatoms. The van der Waals surface area contributed by atoms with E-state index < -0.39 is 5.60 Å². The van der Waals surface area contributed by atoms with Gasteiger partial charge in [0, 0.05) is 25.0 Å². The van der Waals surface area contributed by atoms with Gasteiger partial charge in [-0.2, -0.15) is 11.8 Å². The summed E-state index contributed by atoms with van der Waals surface area (Å²) in [4.78, 5) is 8.31. The fraction of sp³-hybridized carbons (Fsp3) is 0.636. The molecule has 1 rings (SSSR count). The lowest BCUT2D eigenvalue weighted by molar-refractivity contribution is 0.0845. The molecule has 0 aliphatic rings. The van der Waals surface area contributed by atoms with E-state index in [2.05, 4.69) is 15.3 Å². The molecule has 0 saturated carbocycles. The molecule has 1 aromatic rings. The van der Waals surface area contributed by atoms with Crippen molar-refractivity contribution in [3.63, 3.8) is 0 Å². The fourth-order valence-electron chi connectivity index (χ4n) is 1.43. The number of aryl methyl sites for hydroxylation is 1. The van der Waals surface area contributed by atoms with E-state index in [0.29, 0.717) is 13.1 Å². The number of thioether (sulfide) groups is 1. The van der Waals surface area contributed by atoms with Gasteiger partial charge in [0.15, 0.2) is 0 Å². The van der Waals surface area contributed by atoms with E-state index in [1.54, 1.807) is 18.0 Å². The average Bonchev–Trinajstić information content (AvgIpc) is 2.17. The number of aromatic nitrogens is 2. The molecule has 0 spiro atoms. The third-order valence-corrected chi connectivity index (χ3v) is 3.01. The van der Waals surface area contributed by atoms with Crippen LogP contribution in [-0.2, 0) is 6.54 Å². The largest absolute Gasteiger partial charge is 0.388 e. The maximum atomic E-state index is 9.93. The van der Waals surface area contributed by atoms with Gasteiger partial charge < -0.3 is 10.4 Å². The standard InChI is InChI=1S/C11H19N3OS/c1-9-13-5-4-10(14-9)6-12-7-11(2,15)8-16-3/h4-5,12,15H,6-8H2,1-3H3. The molecule has 1 atom stereocenters. The van der Waals surface area contributed by atoms with Crippen molar-refractivity contribution >= 4 is 11.8 Å². The van der Waals surface area contributed by atoms with Crippen molar-refractivity contribution in [3.05, 3.63) is 23.8 Å². The number of nitrogens with zero attached hydrogens (tertiary/aromatic N) is 2. The summed E-state index contributed by atoms with van der Waals surface area (Å²) >= 11 is 1.64. The Balaban J connectivity index is 2.35. The molecule has 2 N–H and O–H groups in total. The van der Waals surface area contributed by atoms with Crippen LogP contribution in [0, 0.1) is 6.92 Å². The van der Waals surface area contributed by atoms with Crippen LogP contribution in [0.4, 0.5) is 0 Å². The van der Waals surface area contributed by atoms with Crippen LogP contribution < -0.4 is 5.32 Å². The minimum atomic E-state index is -0.665. The first-order chi connectivity index (χ1) is 7.53. The summed E-state index contributed by atoms with van der Waals surface area (Å²) < 4.78 is 0. The Morgan fingerprint density at radius 2 is 2.31 bits per heavy atom. The first kappa shape index (κ1) is 13.4. The van der Waals surface area contributed by atoms with Crippen LogP contribution in [-0.4, -0.2) is 39.2 Å². The first-order valence-corrected chi connectivity index (χ1v) is 6.63. The highest BCUT2D eigenvalue weighted by atomic mass is 32.2. The number of hydrogen-bond acceptors (Lipinski definition) is 5. The van der Waals surface area contributed by atoms with Gasteiger partial charge in [-0.05, 0) is 26.2 Å². The van der Waals surface area contributed by atoms with Crippen molar-refractivity contribution in [1.29, 1.82) is 0 Å². The van der Waals surface area contributed by atoms with Gasteiger partial charge in [-0.1, -0.05) is 0 Å². The van der Waals surface area contributed by atoms with Crippen molar-refractivity contribution in [2.24, 2.45) is 0 Å². The monoisotopic (exact) mass is 241 g/mol. The van der Waals surface area contributed by atoms with Crippen molar-refractivity contribution in [2.75, 3.05) is 18.6 Å². The van der Waals surface area contributed by atoms with Gasteiger partial charge in [-0.3, -0.25) is 0 Å². The van der Waals surface area contributed by atoms with Crippen LogP contribution in [0.1, 0.15) is 18.4 Å². The maximum Gasteiger partial charge on any atom is 0.125 e. The summed E-state index contributed by atoms with van der Waals surface area (Å²) in [5, 5.41) is 13.1. The Hall–Kier alpha value is -0.650. The van der Waals surface area contributed by atoms with Gasteiger partial charge in [0.1, 0.15) is 5.82 Å². The van der Waals surface area contributed by atoms with Crippen LogP contribution in [0.5, 0.6) is 0 Å². The Bertz CT molecular complexity index is 331. The zero-order valence-corrected chi connectivity index (χ0v) is 10.8. The van der Waals surface area contributed by atoms with Crippen LogP contribution in [0.3, 0.4) is 0 Å². The lowest BCUT2D eigenvalue weighted by Gasteiger charge is -2.22. The predicted octanol–water partition coefficient (Wildman–Crippen LogP) is 0.989. The maximum absolute atomic E-state index is 9.93. The molecule has 0 fully saturated rings. The highest BCUT2D eigenvalue weighted by Gasteiger charge is 2.18. The van der Waals surface area contributed by atoms with Crippen LogP contribution in [0.2, 0.25) is 0 Å². The first-order valence-electron chi connectivity index (χ1n) is 5.24. The van der Waals surface area contributed by atoms with Gasteiger partial charge in [0.05, 0.1) is 11.3 Å². The summed E-state index contributed by atoms with van der Waals surface area (Å²) in [6.45, 7) is 4.93. The summed E-state index contributed by atoms with van der Waals surface area (Å²) in [6, 6.07) is 1.88.